The number of methoxy groups -OCH3 is 1. The van der Waals surface area contributed by atoms with E-state index in [-0.39, 0.29) is 5.97 Å². The van der Waals surface area contributed by atoms with Crippen LogP contribution in [-0.2, 0) is 11.2 Å². The maximum Gasteiger partial charge on any atom is 0.348 e. The van der Waals surface area contributed by atoms with E-state index in [9.17, 15) is 4.79 Å². The van der Waals surface area contributed by atoms with Gasteiger partial charge in [-0.15, -0.1) is 24.0 Å². The van der Waals surface area contributed by atoms with E-state index in [1.54, 1.807) is 0 Å². The Morgan fingerprint density at radius 2 is 2.06 bits per heavy atom. The van der Waals surface area contributed by atoms with E-state index in [2.05, 4.69) is 12.6 Å². The molecular formula is C13H12O2S2. The van der Waals surface area contributed by atoms with E-state index < -0.39 is 0 Å². The summed E-state index contributed by atoms with van der Waals surface area (Å²) in [6.07, 6.45) is 0.702. The second-order valence-electron chi connectivity index (χ2n) is 3.58. The number of thiophene rings is 1. The van der Waals surface area contributed by atoms with Crippen molar-refractivity contribution in [2.24, 2.45) is 0 Å². The third-order valence-corrected chi connectivity index (χ3v) is 4.04. The topological polar surface area (TPSA) is 26.3 Å². The number of hydrogen-bond donors (Lipinski definition) is 1. The lowest BCUT2D eigenvalue weighted by Crippen LogP contribution is -2.02. The first-order chi connectivity index (χ1) is 8.22. The van der Waals surface area contributed by atoms with Gasteiger partial charge in [0.15, 0.2) is 0 Å². The fourth-order valence-corrected chi connectivity index (χ4v) is 2.91. The van der Waals surface area contributed by atoms with Crippen molar-refractivity contribution in [3.8, 4) is 0 Å². The first kappa shape index (κ1) is 12.2. The summed E-state index contributed by atoms with van der Waals surface area (Å²) >= 11 is 5.76. The molecule has 0 radical (unpaired) electrons. The number of benzene rings is 1. The molecular weight excluding hydrogens is 252 g/mol. The zero-order valence-corrected chi connectivity index (χ0v) is 11.1. The van der Waals surface area contributed by atoms with E-state index >= 15 is 0 Å². The molecule has 0 amide bonds. The van der Waals surface area contributed by atoms with E-state index in [1.807, 2.05) is 35.7 Å². The van der Waals surface area contributed by atoms with Crippen LogP contribution < -0.4 is 0 Å². The summed E-state index contributed by atoms with van der Waals surface area (Å²) in [5, 5.41) is 1.87. The average Bonchev–Trinajstić information content (AvgIpc) is 2.72. The molecule has 0 saturated heterocycles. The van der Waals surface area contributed by atoms with Crippen molar-refractivity contribution in [1.82, 2.24) is 0 Å². The number of carbonyl (C=O) groups is 1. The van der Waals surface area contributed by atoms with Crippen LogP contribution in [0, 0.1) is 0 Å². The summed E-state index contributed by atoms with van der Waals surface area (Å²) < 4.78 is 4.77. The maximum atomic E-state index is 11.6. The maximum absolute atomic E-state index is 11.6. The molecule has 0 aliphatic carbocycles. The van der Waals surface area contributed by atoms with Crippen molar-refractivity contribution in [2.45, 2.75) is 11.3 Å². The van der Waals surface area contributed by atoms with Crippen LogP contribution in [0.2, 0.25) is 0 Å². The summed E-state index contributed by atoms with van der Waals surface area (Å²) in [6.45, 7) is 0. The fraction of sp³-hybridized carbons (Fsp3) is 0.154. The number of thiol groups is 1. The Balaban J connectivity index is 2.32. The van der Waals surface area contributed by atoms with Gasteiger partial charge in [0.1, 0.15) is 4.88 Å². The highest BCUT2D eigenvalue weighted by Gasteiger charge is 2.17. The third-order valence-electron chi connectivity index (χ3n) is 2.47. The first-order valence-electron chi connectivity index (χ1n) is 5.14. The smallest absolute Gasteiger partial charge is 0.348 e. The predicted octanol–water partition coefficient (Wildman–Crippen LogP) is 3.41. The number of ether oxygens (including phenoxy) is 1. The van der Waals surface area contributed by atoms with E-state index in [0.717, 1.165) is 16.0 Å². The van der Waals surface area contributed by atoms with Gasteiger partial charge in [0.05, 0.1) is 7.11 Å². The van der Waals surface area contributed by atoms with Crippen molar-refractivity contribution >= 4 is 29.9 Å². The molecule has 0 aliphatic heterocycles. The van der Waals surface area contributed by atoms with Gasteiger partial charge in [0, 0.05) is 16.7 Å². The largest absolute Gasteiger partial charge is 0.465 e. The second-order valence-corrected chi connectivity index (χ2v) is 4.94. The molecule has 0 aliphatic rings. The van der Waals surface area contributed by atoms with Crippen molar-refractivity contribution < 1.29 is 9.53 Å². The van der Waals surface area contributed by atoms with Gasteiger partial charge in [-0.05, 0) is 11.1 Å². The highest BCUT2D eigenvalue weighted by atomic mass is 32.1. The molecule has 0 fully saturated rings. The van der Waals surface area contributed by atoms with Gasteiger partial charge in [0.25, 0.3) is 0 Å². The van der Waals surface area contributed by atoms with Crippen LogP contribution in [0.25, 0.3) is 0 Å². The summed E-state index contributed by atoms with van der Waals surface area (Å²) in [4.78, 5) is 13.1. The lowest BCUT2D eigenvalue weighted by molar-refractivity contribution is 0.0605. The summed E-state index contributed by atoms with van der Waals surface area (Å²) in [5.74, 6) is -0.291. The lowest BCUT2D eigenvalue weighted by atomic mass is 10.1. The highest BCUT2D eigenvalue weighted by Crippen LogP contribution is 2.28. The van der Waals surface area contributed by atoms with Gasteiger partial charge in [-0.1, -0.05) is 30.3 Å². The summed E-state index contributed by atoms with van der Waals surface area (Å²) in [7, 11) is 1.40. The van der Waals surface area contributed by atoms with Crippen LogP contribution in [0.5, 0.6) is 0 Å². The number of rotatable bonds is 3. The standard InChI is InChI=1S/C13H12O2S2/c1-15-13(14)12-10(11(16)8-17-12)7-9-5-3-2-4-6-9/h2-6,8,16H,7H2,1H3. The quantitative estimate of drug-likeness (QED) is 0.679. The molecule has 2 aromatic rings. The molecule has 0 bridgehead atoms. The molecule has 0 unspecified atom stereocenters. The van der Waals surface area contributed by atoms with Crippen molar-refractivity contribution in [3.63, 3.8) is 0 Å². The van der Waals surface area contributed by atoms with Gasteiger partial charge in [-0.25, -0.2) is 4.79 Å². The van der Waals surface area contributed by atoms with Gasteiger partial charge in [0.2, 0.25) is 0 Å². The normalized spacial score (nSPS) is 10.2. The minimum absolute atomic E-state index is 0.291. The predicted molar refractivity (Wildman–Crippen MR) is 72.2 cm³/mol. The number of hydrogen-bond acceptors (Lipinski definition) is 4. The Bertz CT molecular complexity index is 517. The second kappa shape index (κ2) is 5.38. The van der Waals surface area contributed by atoms with Gasteiger partial charge < -0.3 is 4.74 Å². The molecule has 2 nitrogen and oxygen atoms in total. The van der Waals surface area contributed by atoms with Crippen molar-refractivity contribution in [2.75, 3.05) is 7.11 Å². The van der Waals surface area contributed by atoms with Gasteiger partial charge >= 0.3 is 5.97 Å². The summed E-state index contributed by atoms with van der Waals surface area (Å²) in [6, 6.07) is 10.0. The van der Waals surface area contributed by atoms with Crippen LogP contribution in [0.3, 0.4) is 0 Å². The Hall–Kier alpha value is -1.26. The minimum atomic E-state index is -0.291. The third kappa shape index (κ3) is 2.70. The Morgan fingerprint density at radius 3 is 2.71 bits per heavy atom. The van der Waals surface area contributed by atoms with E-state index in [4.69, 9.17) is 4.74 Å². The molecule has 0 atom stereocenters. The molecule has 1 aromatic heterocycles. The molecule has 88 valence electrons. The Labute approximate surface area is 110 Å². The fourth-order valence-electron chi connectivity index (χ4n) is 1.61. The molecule has 1 heterocycles. The Morgan fingerprint density at radius 1 is 1.35 bits per heavy atom. The van der Waals surface area contributed by atoms with Crippen LogP contribution >= 0.6 is 24.0 Å². The van der Waals surface area contributed by atoms with Gasteiger partial charge in [-0.2, -0.15) is 0 Å². The molecule has 4 heteroatoms. The van der Waals surface area contributed by atoms with Crippen molar-refractivity contribution in [1.29, 1.82) is 0 Å². The molecule has 1 aromatic carbocycles. The average molecular weight is 264 g/mol. The Kier molecular flexibility index (Phi) is 3.86. The molecule has 0 N–H and O–H groups in total. The number of carbonyl (C=O) groups excluding carboxylic acids is 1. The summed E-state index contributed by atoms with van der Waals surface area (Å²) in [5.41, 5.74) is 2.10. The highest BCUT2D eigenvalue weighted by molar-refractivity contribution is 7.80. The van der Waals surface area contributed by atoms with Crippen molar-refractivity contribution in [3.05, 3.63) is 51.7 Å². The SMILES string of the molecule is COC(=O)c1scc(S)c1Cc1ccccc1. The molecule has 17 heavy (non-hydrogen) atoms. The zero-order valence-electron chi connectivity index (χ0n) is 9.34. The molecule has 0 spiro atoms. The van der Waals surface area contributed by atoms with E-state index in [0.29, 0.717) is 11.3 Å². The monoisotopic (exact) mass is 264 g/mol. The zero-order chi connectivity index (χ0) is 12.3. The molecule has 2 rings (SSSR count). The van der Waals surface area contributed by atoms with Crippen LogP contribution in [0.4, 0.5) is 0 Å². The van der Waals surface area contributed by atoms with Crippen LogP contribution in [0.1, 0.15) is 20.8 Å². The van der Waals surface area contributed by atoms with Gasteiger partial charge in [-0.3, -0.25) is 0 Å². The first-order valence-corrected chi connectivity index (χ1v) is 6.46. The van der Waals surface area contributed by atoms with Crippen LogP contribution in [0.15, 0.2) is 40.6 Å². The minimum Gasteiger partial charge on any atom is -0.465 e. The van der Waals surface area contributed by atoms with Crippen LogP contribution in [-0.4, -0.2) is 13.1 Å². The number of esters is 1. The van der Waals surface area contributed by atoms with E-state index in [1.165, 1.54) is 18.4 Å². The lowest BCUT2D eigenvalue weighted by Gasteiger charge is -2.04. The molecule has 0 saturated carbocycles.